The van der Waals surface area contributed by atoms with Gasteiger partial charge in [-0.3, -0.25) is 4.79 Å². The molecule has 0 aliphatic heterocycles. The lowest BCUT2D eigenvalue weighted by Gasteiger charge is -2.15. The largest absolute Gasteiger partial charge is 0.437 e. The molecule has 0 radical (unpaired) electrons. The van der Waals surface area contributed by atoms with Gasteiger partial charge >= 0.3 is 0 Å². The van der Waals surface area contributed by atoms with Gasteiger partial charge in [0.2, 0.25) is 11.8 Å². The zero-order valence-corrected chi connectivity index (χ0v) is 14.8. The molecule has 2 rings (SSSR count). The lowest BCUT2D eigenvalue weighted by Crippen LogP contribution is -2.31. The molecule has 1 N–H and O–H groups in total. The number of ether oxygens (including phenoxy) is 1. The van der Waals surface area contributed by atoms with Crippen LogP contribution in [0.1, 0.15) is 18.1 Å². The van der Waals surface area contributed by atoms with Gasteiger partial charge in [0.05, 0.1) is 0 Å². The summed E-state index contributed by atoms with van der Waals surface area (Å²) < 4.78 is 28.8. The highest BCUT2D eigenvalue weighted by Crippen LogP contribution is 2.30. The van der Waals surface area contributed by atoms with Crippen molar-refractivity contribution >= 4 is 21.4 Å². The average molecular weight is 348 g/mol. The van der Waals surface area contributed by atoms with E-state index in [0.717, 1.165) is 17.4 Å². The Morgan fingerprint density at radius 2 is 1.92 bits per heavy atom. The number of amides is 1. The van der Waals surface area contributed by atoms with E-state index in [-0.39, 0.29) is 5.88 Å². The van der Waals surface area contributed by atoms with Gasteiger partial charge in [-0.05, 0) is 50.1 Å². The second kappa shape index (κ2) is 7.00. The summed E-state index contributed by atoms with van der Waals surface area (Å²) in [5.41, 5.74) is 2.35. The number of aromatic nitrogens is 1. The molecule has 0 spiro atoms. The van der Waals surface area contributed by atoms with Gasteiger partial charge in [0.1, 0.15) is 16.7 Å². The van der Waals surface area contributed by atoms with Crippen molar-refractivity contribution < 1.29 is 17.9 Å². The first-order valence-corrected chi connectivity index (χ1v) is 9.34. The van der Waals surface area contributed by atoms with E-state index in [1.165, 1.54) is 13.1 Å². The van der Waals surface area contributed by atoms with Crippen LogP contribution in [0.25, 0.3) is 0 Å². The number of benzene rings is 1. The maximum absolute atomic E-state index is 12.1. The first kappa shape index (κ1) is 17.9. The number of nitrogens with one attached hydrogen (secondary N) is 1. The van der Waals surface area contributed by atoms with E-state index < -0.39 is 21.0 Å². The van der Waals surface area contributed by atoms with Crippen LogP contribution in [0.4, 0.5) is 5.69 Å². The number of aryl methyl sites for hydroxylation is 1. The summed E-state index contributed by atoms with van der Waals surface area (Å²) in [5, 5.41) is 1.40. The molecule has 0 bridgehead atoms. The van der Waals surface area contributed by atoms with E-state index in [1.54, 1.807) is 12.1 Å². The maximum atomic E-state index is 12.1. The first-order valence-electron chi connectivity index (χ1n) is 7.39. The van der Waals surface area contributed by atoms with E-state index in [9.17, 15) is 13.2 Å². The summed E-state index contributed by atoms with van der Waals surface area (Å²) >= 11 is 0. The standard InChI is InChI=1S/C17H20N2O4S/c1-11-7-5-9-15(12(11)2)23-17-14(8-6-10-18-17)19-16(20)13(3)24(4,21)22/h5-10,13H,1-4H3,(H,19,20). The van der Waals surface area contributed by atoms with Crippen molar-refractivity contribution in [3.05, 3.63) is 47.7 Å². The quantitative estimate of drug-likeness (QED) is 0.898. The number of rotatable bonds is 5. The highest BCUT2D eigenvalue weighted by Gasteiger charge is 2.24. The lowest BCUT2D eigenvalue weighted by molar-refractivity contribution is -0.115. The number of hydrogen-bond donors (Lipinski definition) is 1. The Morgan fingerprint density at radius 3 is 2.58 bits per heavy atom. The summed E-state index contributed by atoms with van der Waals surface area (Å²) in [5.74, 6) is 0.205. The van der Waals surface area contributed by atoms with Crippen LogP contribution in [0.3, 0.4) is 0 Å². The van der Waals surface area contributed by atoms with Crippen LogP contribution in [0, 0.1) is 13.8 Å². The van der Waals surface area contributed by atoms with Crippen molar-refractivity contribution in [2.75, 3.05) is 11.6 Å². The molecule has 1 atom stereocenters. The van der Waals surface area contributed by atoms with Crippen LogP contribution < -0.4 is 10.1 Å². The number of carbonyl (C=O) groups is 1. The molecule has 7 heteroatoms. The maximum Gasteiger partial charge on any atom is 0.243 e. The van der Waals surface area contributed by atoms with Crippen LogP contribution in [0.15, 0.2) is 36.5 Å². The first-order chi connectivity index (χ1) is 11.2. The number of nitrogens with zero attached hydrogens (tertiary/aromatic N) is 1. The predicted octanol–water partition coefficient (Wildman–Crippen LogP) is 2.86. The number of anilines is 1. The molecule has 1 aromatic carbocycles. The van der Waals surface area contributed by atoms with Gasteiger partial charge in [-0.1, -0.05) is 12.1 Å². The Bertz CT molecular complexity index is 863. The molecular weight excluding hydrogens is 328 g/mol. The van der Waals surface area contributed by atoms with Gasteiger partial charge in [-0.2, -0.15) is 0 Å². The fourth-order valence-electron chi connectivity index (χ4n) is 1.93. The molecule has 0 aliphatic rings. The molecule has 1 amide bonds. The Labute approximate surface area is 141 Å². The van der Waals surface area contributed by atoms with E-state index in [4.69, 9.17) is 4.74 Å². The van der Waals surface area contributed by atoms with Crippen molar-refractivity contribution in [1.82, 2.24) is 4.98 Å². The van der Waals surface area contributed by atoms with E-state index in [2.05, 4.69) is 10.3 Å². The fourth-order valence-corrected chi connectivity index (χ4v) is 2.38. The SMILES string of the molecule is Cc1cccc(Oc2ncccc2NC(=O)C(C)S(C)(=O)=O)c1C. The number of sulfone groups is 1. The molecule has 128 valence electrons. The summed E-state index contributed by atoms with van der Waals surface area (Å²) in [6.07, 6.45) is 2.56. The smallest absolute Gasteiger partial charge is 0.243 e. The van der Waals surface area contributed by atoms with E-state index >= 15 is 0 Å². The third kappa shape index (κ3) is 4.11. The number of pyridine rings is 1. The lowest BCUT2D eigenvalue weighted by atomic mass is 10.1. The Hall–Kier alpha value is -2.41. The van der Waals surface area contributed by atoms with Crippen LogP contribution in [0.5, 0.6) is 11.6 Å². The zero-order valence-electron chi connectivity index (χ0n) is 14.0. The molecule has 0 saturated carbocycles. The molecule has 1 aromatic heterocycles. The van der Waals surface area contributed by atoms with E-state index in [0.29, 0.717) is 11.4 Å². The topological polar surface area (TPSA) is 85.4 Å². The molecule has 1 heterocycles. The molecule has 0 aliphatic carbocycles. The van der Waals surface area contributed by atoms with Crippen molar-refractivity contribution in [3.63, 3.8) is 0 Å². The van der Waals surface area contributed by atoms with Crippen molar-refractivity contribution in [2.45, 2.75) is 26.0 Å². The van der Waals surface area contributed by atoms with Crippen LogP contribution in [-0.2, 0) is 14.6 Å². The fraction of sp³-hybridized carbons (Fsp3) is 0.294. The molecule has 1 unspecified atom stereocenters. The second-order valence-electron chi connectivity index (χ2n) is 5.62. The third-order valence-electron chi connectivity index (χ3n) is 3.80. The normalized spacial score (nSPS) is 12.5. The molecule has 6 nitrogen and oxygen atoms in total. The predicted molar refractivity (Wildman–Crippen MR) is 93.2 cm³/mol. The molecule has 0 fully saturated rings. The van der Waals surface area contributed by atoms with Crippen LogP contribution >= 0.6 is 0 Å². The molecular formula is C17H20N2O4S. The number of carbonyl (C=O) groups excluding carboxylic acids is 1. The van der Waals surface area contributed by atoms with Crippen LogP contribution in [0.2, 0.25) is 0 Å². The minimum absolute atomic E-state index is 0.209. The molecule has 0 saturated heterocycles. The zero-order chi connectivity index (χ0) is 17.9. The third-order valence-corrected chi connectivity index (χ3v) is 5.30. The van der Waals surface area contributed by atoms with Gasteiger partial charge < -0.3 is 10.1 Å². The summed E-state index contributed by atoms with van der Waals surface area (Å²) in [7, 11) is -3.48. The molecule has 2 aromatic rings. The minimum Gasteiger partial charge on any atom is -0.437 e. The Kier molecular flexibility index (Phi) is 5.23. The second-order valence-corrected chi connectivity index (χ2v) is 7.98. The summed E-state index contributed by atoms with van der Waals surface area (Å²) in [6.45, 7) is 5.24. The van der Waals surface area contributed by atoms with Gasteiger partial charge in [0.15, 0.2) is 9.84 Å². The van der Waals surface area contributed by atoms with E-state index in [1.807, 2.05) is 32.0 Å². The number of hydrogen-bond acceptors (Lipinski definition) is 5. The van der Waals surface area contributed by atoms with Crippen LogP contribution in [-0.4, -0.2) is 30.8 Å². The molecule has 24 heavy (non-hydrogen) atoms. The van der Waals surface area contributed by atoms with Gasteiger partial charge in [-0.25, -0.2) is 13.4 Å². The van der Waals surface area contributed by atoms with Crippen molar-refractivity contribution in [1.29, 1.82) is 0 Å². The Morgan fingerprint density at radius 1 is 1.21 bits per heavy atom. The average Bonchev–Trinajstić information content (AvgIpc) is 2.52. The Balaban J connectivity index is 2.28. The highest BCUT2D eigenvalue weighted by atomic mass is 32.2. The van der Waals surface area contributed by atoms with Crippen molar-refractivity contribution in [2.24, 2.45) is 0 Å². The summed E-state index contributed by atoms with van der Waals surface area (Å²) in [6, 6.07) is 8.89. The summed E-state index contributed by atoms with van der Waals surface area (Å²) in [4.78, 5) is 16.2. The van der Waals surface area contributed by atoms with Gasteiger partial charge in [0, 0.05) is 12.5 Å². The van der Waals surface area contributed by atoms with Gasteiger partial charge in [-0.15, -0.1) is 0 Å². The highest BCUT2D eigenvalue weighted by molar-refractivity contribution is 7.92. The van der Waals surface area contributed by atoms with Crippen molar-refractivity contribution in [3.8, 4) is 11.6 Å². The van der Waals surface area contributed by atoms with Gasteiger partial charge in [0.25, 0.3) is 0 Å². The minimum atomic E-state index is -3.48. The monoisotopic (exact) mass is 348 g/mol.